The highest BCUT2D eigenvalue weighted by Gasteiger charge is 2.01. The number of rotatable bonds is 0. The van der Waals surface area contributed by atoms with Crippen LogP contribution in [0.4, 0.5) is 5.69 Å². The maximum absolute atomic E-state index is 5.45. The van der Waals surface area contributed by atoms with Gasteiger partial charge in [-0.3, -0.25) is 4.98 Å². The van der Waals surface area contributed by atoms with Gasteiger partial charge in [0.2, 0.25) is 0 Å². The third kappa shape index (κ3) is 5.48. The van der Waals surface area contributed by atoms with E-state index in [9.17, 15) is 0 Å². The van der Waals surface area contributed by atoms with Crippen molar-refractivity contribution >= 4 is 5.69 Å². The highest BCUT2D eigenvalue weighted by Crippen LogP contribution is 2.12. The van der Waals surface area contributed by atoms with E-state index < -0.39 is 0 Å². The summed E-state index contributed by atoms with van der Waals surface area (Å²) in [7, 11) is 0. The predicted octanol–water partition coefficient (Wildman–Crippen LogP) is 3.60. The van der Waals surface area contributed by atoms with Gasteiger partial charge in [0.15, 0.2) is 5.76 Å². The van der Waals surface area contributed by atoms with Crippen LogP contribution in [0.1, 0.15) is 36.6 Å². The van der Waals surface area contributed by atoms with Crippen LogP contribution in [-0.2, 0) is 0 Å². The maximum Gasteiger partial charge on any atom is 0.156 e. The van der Waals surface area contributed by atoms with Crippen molar-refractivity contribution in [2.24, 2.45) is 0 Å². The highest BCUT2D eigenvalue weighted by molar-refractivity contribution is 5.44. The van der Waals surface area contributed by atoms with Crippen molar-refractivity contribution in [1.82, 2.24) is 10.1 Å². The van der Waals surface area contributed by atoms with Crippen molar-refractivity contribution < 1.29 is 4.52 Å². The van der Waals surface area contributed by atoms with E-state index in [4.69, 9.17) is 10.3 Å². The van der Waals surface area contributed by atoms with E-state index in [2.05, 4.69) is 16.2 Å². The zero-order valence-corrected chi connectivity index (χ0v) is 12.1. The maximum atomic E-state index is 5.45. The zero-order valence-electron chi connectivity index (χ0n) is 12.1. The van der Waals surface area contributed by atoms with E-state index in [0.717, 1.165) is 11.4 Å². The molecule has 2 aromatic rings. The quantitative estimate of drug-likeness (QED) is 0.774. The SMILES string of the molecule is CC.Cc1ccc(C)nc1.Cc1noc(C)c1N. The molecule has 0 aliphatic rings. The number of anilines is 1. The van der Waals surface area contributed by atoms with E-state index in [-0.39, 0.29) is 0 Å². The number of aromatic nitrogens is 2. The lowest BCUT2D eigenvalue weighted by Gasteiger charge is -1.89. The fourth-order valence-electron chi connectivity index (χ4n) is 1.03. The summed E-state index contributed by atoms with van der Waals surface area (Å²) in [5.41, 5.74) is 9.17. The Balaban J connectivity index is 0.000000283. The van der Waals surface area contributed by atoms with Crippen LogP contribution in [0.5, 0.6) is 0 Å². The molecule has 4 nitrogen and oxygen atoms in total. The van der Waals surface area contributed by atoms with Gasteiger partial charge < -0.3 is 10.3 Å². The van der Waals surface area contributed by atoms with E-state index >= 15 is 0 Å². The minimum Gasteiger partial charge on any atom is -0.394 e. The fraction of sp³-hybridized carbons (Fsp3) is 0.429. The van der Waals surface area contributed by atoms with E-state index in [1.807, 2.05) is 46.9 Å². The molecule has 18 heavy (non-hydrogen) atoms. The van der Waals surface area contributed by atoms with Gasteiger partial charge in [-0.05, 0) is 39.3 Å². The smallest absolute Gasteiger partial charge is 0.156 e. The molecule has 0 aromatic carbocycles. The van der Waals surface area contributed by atoms with Gasteiger partial charge in [0, 0.05) is 11.9 Å². The minimum atomic E-state index is 0.657. The van der Waals surface area contributed by atoms with Gasteiger partial charge in [0.05, 0.1) is 5.69 Å². The summed E-state index contributed by atoms with van der Waals surface area (Å²) in [5.74, 6) is 0.697. The van der Waals surface area contributed by atoms with Crippen LogP contribution >= 0.6 is 0 Å². The van der Waals surface area contributed by atoms with Crippen molar-refractivity contribution in [2.45, 2.75) is 41.5 Å². The molecule has 0 saturated heterocycles. The molecule has 0 fully saturated rings. The summed E-state index contributed by atoms with van der Waals surface area (Å²) in [6, 6.07) is 4.07. The van der Waals surface area contributed by atoms with Crippen molar-refractivity contribution in [3.63, 3.8) is 0 Å². The molecule has 0 aliphatic carbocycles. The summed E-state index contributed by atoms with van der Waals surface area (Å²) in [6.07, 6.45) is 1.87. The molecule has 2 N–H and O–H groups in total. The summed E-state index contributed by atoms with van der Waals surface area (Å²) in [6.45, 7) is 11.6. The molecule has 0 unspecified atom stereocenters. The third-order valence-corrected chi connectivity index (χ3v) is 2.15. The molecule has 0 amide bonds. The van der Waals surface area contributed by atoms with Gasteiger partial charge in [-0.25, -0.2) is 0 Å². The Labute approximate surface area is 109 Å². The molecule has 0 atom stereocenters. The molecule has 0 radical (unpaired) electrons. The molecular formula is C14H23N3O. The first kappa shape index (κ1) is 16.2. The lowest BCUT2D eigenvalue weighted by Crippen LogP contribution is -1.85. The summed E-state index contributed by atoms with van der Waals surface area (Å²) >= 11 is 0. The standard InChI is InChI=1S/C7H9N.C5H8N2O.C2H6/c1-6-3-4-7(2)8-5-6;1-3-5(6)4(2)8-7-3;1-2/h3-5H,1-2H3;6H2,1-2H3;1-2H3. The largest absolute Gasteiger partial charge is 0.394 e. The zero-order chi connectivity index (χ0) is 14.1. The Kier molecular flexibility index (Phi) is 7.43. The van der Waals surface area contributed by atoms with Crippen LogP contribution in [0.2, 0.25) is 0 Å². The van der Waals surface area contributed by atoms with Gasteiger partial charge in [-0.1, -0.05) is 25.1 Å². The Hall–Kier alpha value is -1.84. The number of aryl methyl sites for hydroxylation is 4. The second kappa shape index (κ2) is 8.28. The minimum absolute atomic E-state index is 0.657. The Bertz CT molecular complexity index is 406. The molecule has 0 saturated carbocycles. The number of hydrogen-bond donors (Lipinski definition) is 1. The van der Waals surface area contributed by atoms with E-state index in [0.29, 0.717) is 11.4 Å². The average Bonchev–Trinajstić information content (AvgIpc) is 2.68. The Morgan fingerprint density at radius 3 is 1.89 bits per heavy atom. The first-order chi connectivity index (χ1) is 8.50. The number of nitrogens with zero attached hydrogens (tertiary/aromatic N) is 2. The third-order valence-electron chi connectivity index (χ3n) is 2.15. The van der Waals surface area contributed by atoms with Crippen molar-refractivity contribution in [3.05, 3.63) is 41.0 Å². The van der Waals surface area contributed by atoms with Crippen molar-refractivity contribution in [2.75, 3.05) is 5.73 Å². The number of pyridine rings is 1. The molecule has 0 bridgehead atoms. The molecule has 4 heteroatoms. The summed E-state index contributed by atoms with van der Waals surface area (Å²) in [5, 5.41) is 3.62. The van der Waals surface area contributed by atoms with Crippen molar-refractivity contribution in [1.29, 1.82) is 0 Å². The summed E-state index contributed by atoms with van der Waals surface area (Å²) < 4.78 is 4.72. The van der Waals surface area contributed by atoms with Crippen LogP contribution in [0.3, 0.4) is 0 Å². The van der Waals surface area contributed by atoms with Crippen LogP contribution in [0.15, 0.2) is 22.9 Å². The van der Waals surface area contributed by atoms with E-state index in [1.54, 1.807) is 6.92 Å². The molecule has 2 rings (SSSR count). The lowest BCUT2D eigenvalue weighted by molar-refractivity contribution is 0.393. The molecule has 0 spiro atoms. The molecule has 2 aromatic heterocycles. The van der Waals surface area contributed by atoms with Crippen LogP contribution in [-0.4, -0.2) is 10.1 Å². The van der Waals surface area contributed by atoms with Gasteiger partial charge in [-0.15, -0.1) is 0 Å². The molecular weight excluding hydrogens is 226 g/mol. The van der Waals surface area contributed by atoms with Crippen LogP contribution in [0.25, 0.3) is 0 Å². The van der Waals surface area contributed by atoms with Gasteiger partial charge >= 0.3 is 0 Å². The van der Waals surface area contributed by atoms with Crippen LogP contribution < -0.4 is 5.73 Å². The lowest BCUT2D eigenvalue weighted by atomic mass is 10.3. The highest BCUT2D eigenvalue weighted by atomic mass is 16.5. The first-order valence-electron chi connectivity index (χ1n) is 6.08. The average molecular weight is 249 g/mol. The van der Waals surface area contributed by atoms with Gasteiger partial charge in [0.1, 0.15) is 5.69 Å². The Morgan fingerprint density at radius 1 is 1.06 bits per heavy atom. The van der Waals surface area contributed by atoms with Gasteiger partial charge in [0.25, 0.3) is 0 Å². The molecule has 0 aliphatic heterocycles. The second-order valence-electron chi connectivity index (χ2n) is 3.71. The monoisotopic (exact) mass is 249 g/mol. The topological polar surface area (TPSA) is 64.9 Å². The second-order valence-corrected chi connectivity index (χ2v) is 3.71. The number of nitrogens with two attached hydrogens (primary N) is 1. The first-order valence-corrected chi connectivity index (χ1v) is 6.08. The Morgan fingerprint density at radius 2 is 1.67 bits per heavy atom. The fourth-order valence-corrected chi connectivity index (χ4v) is 1.03. The number of hydrogen-bond acceptors (Lipinski definition) is 4. The predicted molar refractivity (Wildman–Crippen MR) is 75.4 cm³/mol. The van der Waals surface area contributed by atoms with Crippen molar-refractivity contribution in [3.8, 4) is 0 Å². The van der Waals surface area contributed by atoms with Gasteiger partial charge in [-0.2, -0.15) is 0 Å². The molecule has 2 heterocycles. The number of nitrogen functional groups attached to an aromatic ring is 1. The van der Waals surface area contributed by atoms with Crippen LogP contribution in [0, 0.1) is 27.7 Å². The summed E-state index contributed by atoms with van der Waals surface area (Å²) in [4.78, 5) is 4.08. The normalized spacial score (nSPS) is 8.78. The molecule has 100 valence electrons. The van der Waals surface area contributed by atoms with E-state index in [1.165, 1.54) is 5.56 Å².